The molecule has 2 rings (SSSR count). The fourth-order valence-electron chi connectivity index (χ4n) is 2.31. The molecule has 0 aromatic rings. The van der Waals surface area contributed by atoms with Crippen molar-refractivity contribution < 1.29 is 8.42 Å². The minimum absolute atomic E-state index is 0.111. The summed E-state index contributed by atoms with van der Waals surface area (Å²) in [7, 11) is -3.00. The van der Waals surface area contributed by atoms with E-state index in [1.165, 1.54) is 24.7 Å². The Morgan fingerprint density at radius 1 is 1.18 bits per heavy atom. The maximum absolute atomic E-state index is 11.2. The lowest BCUT2D eigenvalue weighted by atomic mass is 9.96. The van der Waals surface area contributed by atoms with Crippen molar-refractivity contribution in [3.05, 3.63) is 11.5 Å². The number of hydrogen-bond acceptors (Lipinski definition) is 3. The molecule has 17 heavy (non-hydrogen) atoms. The van der Waals surface area contributed by atoms with Gasteiger partial charge >= 0.3 is 0 Å². The summed E-state index contributed by atoms with van der Waals surface area (Å²) in [5.74, 6) is 0.111. The molecule has 1 aliphatic heterocycles. The first-order chi connectivity index (χ1) is 8.05. The van der Waals surface area contributed by atoms with Gasteiger partial charge in [0.2, 0.25) is 0 Å². The lowest BCUT2D eigenvalue weighted by Crippen LogP contribution is -2.46. The number of nitrogens with one attached hydrogen (secondary N) is 2. The summed E-state index contributed by atoms with van der Waals surface area (Å²) in [4.78, 5) is 0. The smallest absolute Gasteiger partial charge is 0.173 e. The Labute approximate surface area is 108 Å². The van der Waals surface area contributed by atoms with Gasteiger partial charge in [-0.1, -0.05) is 19.3 Å². The molecule has 1 heterocycles. The van der Waals surface area contributed by atoms with Crippen LogP contribution in [-0.2, 0) is 9.84 Å². The van der Waals surface area contributed by atoms with Crippen LogP contribution in [0.4, 0.5) is 0 Å². The van der Waals surface area contributed by atoms with Gasteiger partial charge in [-0.25, -0.2) is 8.42 Å². The summed E-state index contributed by atoms with van der Waals surface area (Å²) >= 11 is 5.20. The lowest BCUT2D eigenvalue weighted by Gasteiger charge is -2.25. The van der Waals surface area contributed by atoms with E-state index in [2.05, 4.69) is 10.6 Å². The van der Waals surface area contributed by atoms with Gasteiger partial charge in [0.1, 0.15) is 0 Å². The molecule has 0 aromatic carbocycles. The minimum atomic E-state index is -3.00. The fraction of sp³-hybridized carbons (Fsp3) is 0.727. The van der Waals surface area contributed by atoms with E-state index < -0.39 is 9.84 Å². The average molecular weight is 274 g/mol. The number of rotatable bonds is 2. The van der Waals surface area contributed by atoms with Crippen molar-refractivity contribution in [2.45, 2.75) is 44.2 Å². The lowest BCUT2D eigenvalue weighted by molar-refractivity contribution is 0.411. The van der Waals surface area contributed by atoms with Gasteiger partial charge in [0, 0.05) is 11.4 Å². The predicted octanol–water partition coefficient (Wildman–Crippen LogP) is 1.09. The third-order valence-electron chi connectivity index (χ3n) is 3.19. The van der Waals surface area contributed by atoms with Crippen LogP contribution in [0.2, 0.25) is 0 Å². The standard InChI is InChI=1S/C11H18N2O2S2/c14-17(15)7-6-10(8-17)13-11(16)12-9-4-2-1-3-5-9/h6-7,9-10H,1-5,8H2,(H2,12,13,16). The molecule has 1 aliphatic carbocycles. The normalized spacial score (nSPS) is 27.9. The number of sulfone groups is 1. The van der Waals surface area contributed by atoms with E-state index >= 15 is 0 Å². The molecule has 1 saturated carbocycles. The fourth-order valence-corrected chi connectivity index (χ4v) is 3.86. The number of hydrogen-bond donors (Lipinski definition) is 2. The molecule has 0 saturated heterocycles. The molecule has 0 bridgehead atoms. The van der Waals surface area contributed by atoms with E-state index in [0.29, 0.717) is 11.2 Å². The Hall–Kier alpha value is -0.620. The van der Waals surface area contributed by atoms with Gasteiger partial charge in [-0.2, -0.15) is 0 Å². The molecular formula is C11H18N2O2S2. The highest BCUT2D eigenvalue weighted by Crippen LogP contribution is 2.17. The van der Waals surface area contributed by atoms with Gasteiger partial charge in [-0.15, -0.1) is 0 Å². The molecule has 2 N–H and O–H groups in total. The van der Waals surface area contributed by atoms with Gasteiger partial charge in [0.05, 0.1) is 11.8 Å². The van der Waals surface area contributed by atoms with Gasteiger partial charge < -0.3 is 10.6 Å². The topological polar surface area (TPSA) is 58.2 Å². The molecule has 1 fully saturated rings. The summed E-state index contributed by atoms with van der Waals surface area (Å²) in [6, 6.07) is 0.273. The Balaban J connectivity index is 1.76. The van der Waals surface area contributed by atoms with Crippen LogP contribution >= 0.6 is 12.2 Å². The Morgan fingerprint density at radius 3 is 2.47 bits per heavy atom. The van der Waals surface area contributed by atoms with Crippen LogP contribution in [0.3, 0.4) is 0 Å². The summed E-state index contributed by atoms with van der Waals surface area (Å²) < 4.78 is 22.4. The first-order valence-corrected chi connectivity index (χ1v) is 8.15. The maximum Gasteiger partial charge on any atom is 0.173 e. The second-order valence-electron chi connectivity index (χ2n) is 4.72. The zero-order chi connectivity index (χ0) is 12.3. The van der Waals surface area contributed by atoms with Crippen LogP contribution in [0.5, 0.6) is 0 Å². The van der Waals surface area contributed by atoms with Crippen molar-refractivity contribution in [1.82, 2.24) is 10.6 Å². The van der Waals surface area contributed by atoms with E-state index in [4.69, 9.17) is 12.2 Å². The Bertz CT molecular complexity index is 411. The van der Waals surface area contributed by atoms with Gasteiger partial charge in [0.25, 0.3) is 0 Å². The monoisotopic (exact) mass is 274 g/mol. The van der Waals surface area contributed by atoms with Gasteiger partial charge in [-0.3, -0.25) is 0 Å². The zero-order valence-electron chi connectivity index (χ0n) is 9.69. The zero-order valence-corrected chi connectivity index (χ0v) is 11.3. The SMILES string of the molecule is O=S1(=O)C=CC(NC(=S)NC2CCCCC2)C1. The molecule has 0 aromatic heterocycles. The number of thiocarbonyl (C=S) groups is 1. The second kappa shape index (κ2) is 5.35. The van der Waals surface area contributed by atoms with E-state index in [9.17, 15) is 8.42 Å². The molecule has 0 amide bonds. The summed E-state index contributed by atoms with van der Waals surface area (Å²) in [6.45, 7) is 0. The van der Waals surface area contributed by atoms with Crippen LogP contribution in [0.1, 0.15) is 32.1 Å². The molecule has 2 aliphatic rings. The van der Waals surface area contributed by atoms with Crippen LogP contribution in [0.25, 0.3) is 0 Å². The predicted molar refractivity (Wildman–Crippen MR) is 72.5 cm³/mol. The van der Waals surface area contributed by atoms with Crippen molar-refractivity contribution in [2.75, 3.05) is 5.75 Å². The van der Waals surface area contributed by atoms with Crippen molar-refractivity contribution in [1.29, 1.82) is 0 Å². The third kappa shape index (κ3) is 3.96. The van der Waals surface area contributed by atoms with Crippen molar-refractivity contribution >= 4 is 27.2 Å². The van der Waals surface area contributed by atoms with E-state index in [1.807, 2.05) is 0 Å². The van der Waals surface area contributed by atoms with Crippen LogP contribution in [-0.4, -0.2) is 31.4 Å². The Kier molecular flexibility index (Phi) is 4.04. The molecule has 0 spiro atoms. The second-order valence-corrected chi connectivity index (χ2v) is 7.06. The van der Waals surface area contributed by atoms with Crippen LogP contribution < -0.4 is 10.6 Å². The van der Waals surface area contributed by atoms with Crippen LogP contribution in [0.15, 0.2) is 11.5 Å². The maximum atomic E-state index is 11.2. The minimum Gasteiger partial charge on any atom is -0.360 e. The third-order valence-corrected chi connectivity index (χ3v) is 4.82. The highest BCUT2D eigenvalue weighted by molar-refractivity contribution is 7.94. The molecule has 6 heteroatoms. The van der Waals surface area contributed by atoms with E-state index in [-0.39, 0.29) is 11.8 Å². The summed E-state index contributed by atoms with van der Waals surface area (Å²) in [6.07, 6.45) is 7.77. The molecular weight excluding hydrogens is 256 g/mol. The van der Waals surface area contributed by atoms with Gasteiger partial charge in [0.15, 0.2) is 14.9 Å². The van der Waals surface area contributed by atoms with E-state index in [1.54, 1.807) is 6.08 Å². The largest absolute Gasteiger partial charge is 0.360 e. The molecule has 4 nitrogen and oxygen atoms in total. The van der Waals surface area contributed by atoms with Crippen molar-refractivity contribution in [3.63, 3.8) is 0 Å². The average Bonchev–Trinajstić information content (AvgIpc) is 2.59. The van der Waals surface area contributed by atoms with Crippen LogP contribution in [0, 0.1) is 0 Å². The van der Waals surface area contributed by atoms with E-state index in [0.717, 1.165) is 12.8 Å². The first-order valence-electron chi connectivity index (χ1n) is 6.03. The Morgan fingerprint density at radius 2 is 1.88 bits per heavy atom. The van der Waals surface area contributed by atoms with Crippen molar-refractivity contribution in [2.24, 2.45) is 0 Å². The quantitative estimate of drug-likeness (QED) is 0.738. The molecule has 0 radical (unpaired) electrons. The highest BCUT2D eigenvalue weighted by atomic mass is 32.2. The summed E-state index contributed by atoms with van der Waals surface area (Å²) in [5.41, 5.74) is 0. The van der Waals surface area contributed by atoms with Crippen molar-refractivity contribution in [3.8, 4) is 0 Å². The molecule has 1 unspecified atom stereocenters. The molecule has 1 atom stereocenters. The van der Waals surface area contributed by atoms with Gasteiger partial charge in [-0.05, 0) is 31.1 Å². The first kappa shape index (κ1) is 12.8. The summed E-state index contributed by atoms with van der Waals surface area (Å²) in [5, 5.41) is 8.13. The molecule has 96 valence electrons. The highest BCUT2D eigenvalue weighted by Gasteiger charge is 2.22.